The van der Waals surface area contributed by atoms with Crippen LogP contribution in [0, 0.1) is 6.92 Å². The van der Waals surface area contributed by atoms with Crippen LogP contribution in [-0.2, 0) is 4.79 Å². The summed E-state index contributed by atoms with van der Waals surface area (Å²) in [6, 6.07) is 7.91. The number of aryl methyl sites for hydroxylation is 1. The Morgan fingerprint density at radius 3 is 2.76 bits per heavy atom. The van der Waals surface area contributed by atoms with Crippen LogP contribution < -0.4 is 5.32 Å². The van der Waals surface area contributed by atoms with E-state index in [2.05, 4.69) is 15.3 Å². The lowest BCUT2D eigenvalue weighted by Gasteiger charge is -2.34. The number of hydrogen-bond acceptors (Lipinski definition) is 5. The minimum Gasteiger partial charge on any atom is -0.389 e. The number of amides is 1. The standard InChI is InChI=1S/C23H30N4O2/c1-17-7-5-13-24-22(17)26-18-9-10-19(25-16-18)20-8-6-14-27(20)21(28)15-23(29)11-3-2-4-12-23/h5,7,9-10,13,16,20,29H,2-4,6,8,11-12,14-15H2,1H3,(H,24,26)/t20-/m0/s1. The highest BCUT2D eigenvalue weighted by Crippen LogP contribution is 2.36. The molecule has 29 heavy (non-hydrogen) atoms. The van der Waals surface area contributed by atoms with Crippen LogP contribution in [0.5, 0.6) is 0 Å². The predicted molar refractivity (Wildman–Crippen MR) is 113 cm³/mol. The molecule has 2 N–H and O–H groups in total. The van der Waals surface area contributed by atoms with Gasteiger partial charge in [0.25, 0.3) is 0 Å². The van der Waals surface area contributed by atoms with E-state index < -0.39 is 5.60 Å². The first-order chi connectivity index (χ1) is 14.0. The van der Waals surface area contributed by atoms with E-state index >= 15 is 0 Å². The monoisotopic (exact) mass is 394 g/mol. The number of aromatic nitrogens is 2. The minimum atomic E-state index is -0.815. The van der Waals surface area contributed by atoms with Crippen molar-refractivity contribution in [2.24, 2.45) is 0 Å². The van der Waals surface area contributed by atoms with Crippen LogP contribution in [0.3, 0.4) is 0 Å². The Balaban J connectivity index is 1.43. The number of rotatable bonds is 5. The molecule has 0 unspecified atom stereocenters. The number of aliphatic hydroxyl groups is 1. The van der Waals surface area contributed by atoms with Crippen LogP contribution >= 0.6 is 0 Å². The van der Waals surface area contributed by atoms with Gasteiger partial charge < -0.3 is 15.3 Å². The van der Waals surface area contributed by atoms with E-state index in [9.17, 15) is 9.90 Å². The van der Waals surface area contributed by atoms with Crippen molar-refractivity contribution in [3.8, 4) is 0 Å². The zero-order chi connectivity index (χ0) is 20.3. The number of carbonyl (C=O) groups is 1. The highest BCUT2D eigenvalue weighted by Gasteiger charge is 2.37. The third kappa shape index (κ3) is 4.58. The molecule has 1 aliphatic heterocycles. The molecular weight excluding hydrogens is 364 g/mol. The van der Waals surface area contributed by atoms with Crippen molar-refractivity contribution in [2.75, 3.05) is 11.9 Å². The Morgan fingerprint density at radius 1 is 1.21 bits per heavy atom. The molecule has 0 bridgehead atoms. The summed E-state index contributed by atoms with van der Waals surface area (Å²) in [6.45, 7) is 2.76. The highest BCUT2D eigenvalue weighted by molar-refractivity contribution is 5.78. The Morgan fingerprint density at radius 2 is 2.03 bits per heavy atom. The molecule has 4 rings (SSSR count). The summed E-state index contributed by atoms with van der Waals surface area (Å²) in [6.07, 6.45) is 10.4. The fraction of sp³-hybridized carbons (Fsp3) is 0.522. The maximum absolute atomic E-state index is 13.0. The molecule has 1 saturated heterocycles. The van der Waals surface area contributed by atoms with Gasteiger partial charge in [-0.25, -0.2) is 4.98 Å². The molecule has 2 fully saturated rings. The summed E-state index contributed by atoms with van der Waals surface area (Å²) in [5, 5.41) is 14.1. The van der Waals surface area contributed by atoms with Crippen LogP contribution in [0.1, 0.15) is 68.7 Å². The summed E-state index contributed by atoms with van der Waals surface area (Å²) in [7, 11) is 0. The van der Waals surface area contributed by atoms with E-state index in [-0.39, 0.29) is 18.4 Å². The molecule has 1 aliphatic carbocycles. The third-order valence-electron chi connectivity index (χ3n) is 6.24. The van der Waals surface area contributed by atoms with Gasteiger partial charge >= 0.3 is 0 Å². The van der Waals surface area contributed by atoms with Crippen molar-refractivity contribution >= 4 is 17.4 Å². The lowest BCUT2D eigenvalue weighted by molar-refractivity contribution is -0.138. The van der Waals surface area contributed by atoms with Crippen molar-refractivity contribution in [1.82, 2.24) is 14.9 Å². The second-order valence-electron chi connectivity index (χ2n) is 8.47. The van der Waals surface area contributed by atoms with Crippen molar-refractivity contribution < 1.29 is 9.90 Å². The Kier molecular flexibility index (Phi) is 5.81. The zero-order valence-corrected chi connectivity index (χ0v) is 17.1. The zero-order valence-electron chi connectivity index (χ0n) is 17.1. The van der Waals surface area contributed by atoms with Gasteiger partial charge in [0.2, 0.25) is 5.91 Å². The predicted octanol–water partition coefficient (Wildman–Crippen LogP) is 4.28. The molecule has 1 amide bonds. The van der Waals surface area contributed by atoms with Gasteiger partial charge in [-0.3, -0.25) is 9.78 Å². The second-order valence-corrected chi connectivity index (χ2v) is 8.47. The van der Waals surface area contributed by atoms with Crippen LogP contribution in [-0.4, -0.2) is 38.0 Å². The SMILES string of the molecule is Cc1cccnc1Nc1ccc([C@@H]2CCCN2C(=O)CC2(O)CCCCC2)nc1. The van der Waals surface area contributed by atoms with Gasteiger partial charge in [0.1, 0.15) is 5.82 Å². The number of carbonyl (C=O) groups excluding carboxylic acids is 1. The fourth-order valence-electron chi connectivity index (χ4n) is 4.57. The molecule has 0 spiro atoms. The molecule has 2 aliphatic rings. The Hall–Kier alpha value is -2.47. The van der Waals surface area contributed by atoms with E-state index in [0.717, 1.165) is 74.3 Å². The second kappa shape index (κ2) is 8.49. The highest BCUT2D eigenvalue weighted by atomic mass is 16.3. The van der Waals surface area contributed by atoms with Crippen LogP contribution in [0.25, 0.3) is 0 Å². The quantitative estimate of drug-likeness (QED) is 0.791. The maximum atomic E-state index is 13.0. The van der Waals surface area contributed by atoms with Crippen molar-refractivity contribution in [3.05, 3.63) is 47.9 Å². The number of nitrogens with zero attached hydrogens (tertiary/aromatic N) is 3. The Bertz CT molecular complexity index is 846. The molecule has 6 heteroatoms. The maximum Gasteiger partial charge on any atom is 0.226 e. The number of pyridine rings is 2. The molecule has 0 radical (unpaired) electrons. The van der Waals surface area contributed by atoms with Gasteiger partial charge in [-0.2, -0.15) is 0 Å². The van der Waals surface area contributed by atoms with Crippen molar-refractivity contribution in [2.45, 2.75) is 69.9 Å². The van der Waals surface area contributed by atoms with Crippen molar-refractivity contribution in [3.63, 3.8) is 0 Å². The summed E-state index contributed by atoms with van der Waals surface area (Å²) in [4.78, 5) is 23.9. The molecular formula is C23H30N4O2. The molecule has 1 saturated carbocycles. The van der Waals surface area contributed by atoms with Gasteiger partial charge in [0.15, 0.2) is 0 Å². The smallest absolute Gasteiger partial charge is 0.226 e. The summed E-state index contributed by atoms with van der Waals surface area (Å²) < 4.78 is 0. The van der Waals surface area contributed by atoms with E-state index in [1.54, 1.807) is 12.4 Å². The van der Waals surface area contributed by atoms with Gasteiger partial charge in [-0.1, -0.05) is 25.3 Å². The molecule has 154 valence electrons. The lowest BCUT2D eigenvalue weighted by Crippen LogP contribution is -2.40. The normalized spacial score (nSPS) is 21.2. The first kappa shape index (κ1) is 19.8. The third-order valence-corrected chi connectivity index (χ3v) is 6.24. The summed E-state index contributed by atoms with van der Waals surface area (Å²) in [5.41, 5.74) is 2.05. The van der Waals surface area contributed by atoms with E-state index in [0.29, 0.717) is 0 Å². The summed E-state index contributed by atoms with van der Waals surface area (Å²) in [5.74, 6) is 0.880. The van der Waals surface area contributed by atoms with Gasteiger partial charge in [0, 0.05) is 12.7 Å². The van der Waals surface area contributed by atoms with Gasteiger partial charge in [-0.15, -0.1) is 0 Å². The van der Waals surface area contributed by atoms with E-state index in [1.165, 1.54) is 0 Å². The first-order valence-electron chi connectivity index (χ1n) is 10.7. The van der Waals surface area contributed by atoms with Crippen molar-refractivity contribution in [1.29, 1.82) is 0 Å². The minimum absolute atomic E-state index is 0.000303. The number of nitrogens with one attached hydrogen (secondary N) is 1. The topological polar surface area (TPSA) is 78.4 Å². The van der Waals surface area contributed by atoms with Gasteiger partial charge in [-0.05, 0) is 56.4 Å². The van der Waals surface area contributed by atoms with Crippen LogP contribution in [0.2, 0.25) is 0 Å². The first-order valence-corrected chi connectivity index (χ1v) is 10.7. The molecule has 6 nitrogen and oxygen atoms in total. The lowest BCUT2D eigenvalue weighted by atomic mass is 9.82. The van der Waals surface area contributed by atoms with E-state index in [4.69, 9.17) is 0 Å². The molecule has 1 atom stereocenters. The molecule has 2 aromatic heterocycles. The average molecular weight is 395 g/mol. The number of anilines is 2. The van der Waals surface area contributed by atoms with Gasteiger partial charge in [0.05, 0.1) is 35.6 Å². The number of likely N-dealkylation sites (tertiary alicyclic amines) is 1. The molecule has 0 aromatic carbocycles. The fourth-order valence-corrected chi connectivity index (χ4v) is 4.57. The molecule has 2 aromatic rings. The molecule has 3 heterocycles. The summed E-state index contributed by atoms with van der Waals surface area (Å²) >= 11 is 0. The number of hydrogen-bond donors (Lipinski definition) is 2. The van der Waals surface area contributed by atoms with E-state index in [1.807, 2.05) is 36.1 Å². The Labute approximate surface area is 172 Å². The largest absolute Gasteiger partial charge is 0.389 e. The van der Waals surface area contributed by atoms with Crippen LogP contribution in [0.15, 0.2) is 36.7 Å². The van der Waals surface area contributed by atoms with Crippen LogP contribution in [0.4, 0.5) is 11.5 Å². The average Bonchev–Trinajstić information content (AvgIpc) is 3.21.